The van der Waals surface area contributed by atoms with Crippen LogP contribution in [0, 0.1) is 5.92 Å². The van der Waals surface area contributed by atoms with E-state index in [2.05, 4.69) is 16.0 Å². The first-order chi connectivity index (χ1) is 11.6. The Morgan fingerprint density at radius 3 is 2.33 bits per heavy atom. The predicted octanol–water partition coefficient (Wildman–Crippen LogP) is 1.04. The fourth-order valence-electron chi connectivity index (χ4n) is 3.81. The SMILES string of the molecule is O=C(NC1CC1)C(=O)[C@H](CC1CCCCC1)NC(=O)C1CCCN1. The van der Waals surface area contributed by atoms with Crippen molar-refractivity contribution in [1.29, 1.82) is 0 Å². The first-order valence-electron chi connectivity index (χ1n) is 9.52. The topological polar surface area (TPSA) is 87.3 Å². The van der Waals surface area contributed by atoms with Gasteiger partial charge in [-0.05, 0) is 44.6 Å². The van der Waals surface area contributed by atoms with Crippen LogP contribution in [-0.2, 0) is 14.4 Å². The van der Waals surface area contributed by atoms with Gasteiger partial charge in [-0.2, -0.15) is 0 Å². The number of amides is 2. The predicted molar refractivity (Wildman–Crippen MR) is 90.3 cm³/mol. The summed E-state index contributed by atoms with van der Waals surface area (Å²) < 4.78 is 0. The number of hydrogen-bond acceptors (Lipinski definition) is 4. The van der Waals surface area contributed by atoms with Gasteiger partial charge in [-0.1, -0.05) is 32.1 Å². The summed E-state index contributed by atoms with van der Waals surface area (Å²) in [4.78, 5) is 37.1. The molecule has 2 aliphatic carbocycles. The third kappa shape index (κ3) is 4.79. The van der Waals surface area contributed by atoms with E-state index in [1.807, 2.05) is 0 Å². The lowest BCUT2D eigenvalue weighted by molar-refractivity contribution is -0.140. The van der Waals surface area contributed by atoms with Crippen molar-refractivity contribution in [2.24, 2.45) is 5.92 Å². The molecule has 1 heterocycles. The standard InChI is InChI=1S/C18H29N3O3/c22-16(18(24)20-13-8-9-13)15(11-12-5-2-1-3-6-12)21-17(23)14-7-4-10-19-14/h12-15,19H,1-11H2,(H,20,24)(H,21,23)/t14?,15-/m0/s1. The molecule has 24 heavy (non-hydrogen) atoms. The van der Waals surface area contributed by atoms with Gasteiger partial charge in [0.05, 0.1) is 12.1 Å². The van der Waals surface area contributed by atoms with E-state index in [-0.39, 0.29) is 18.0 Å². The third-order valence-corrected chi connectivity index (χ3v) is 5.44. The van der Waals surface area contributed by atoms with Crippen LogP contribution in [0.25, 0.3) is 0 Å². The molecule has 0 aromatic heterocycles. The Labute approximate surface area is 143 Å². The highest BCUT2D eigenvalue weighted by Gasteiger charge is 2.34. The van der Waals surface area contributed by atoms with Crippen molar-refractivity contribution in [2.75, 3.05) is 6.54 Å². The number of carbonyl (C=O) groups is 3. The highest BCUT2D eigenvalue weighted by atomic mass is 16.2. The van der Waals surface area contributed by atoms with E-state index in [9.17, 15) is 14.4 Å². The molecule has 6 nitrogen and oxygen atoms in total. The molecule has 2 atom stereocenters. The van der Waals surface area contributed by atoms with Crippen LogP contribution in [0.1, 0.15) is 64.2 Å². The average Bonchev–Trinajstić information content (AvgIpc) is 3.23. The van der Waals surface area contributed by atoms with Crippen LogP contribution < -0.4 is 16.0 Å². The Kier molecular flexibility index (Phi) is 5.87. The monoisotopic (exact) mass is 335 g/mol. The van der Waals surface area contributed by atoms with Gasteiger partial charge in [-0.15, -0.1) is 0 Å². The van der Waals surface area contributed by atoms with Gasteiger partial charge in [0.1, 0.15) is 0 Å². The van der Waals surface area contributed by atoms with Gasteiger partial charge in [0.25, 0.3) is 5.91 Å². The van der Waals surface area contributed by atoms with Gasteiger partial charge >= 0.3 is 0 Å². The minimum Gasteiger partial charge on any atom is -0.347 e. The maximum atomic E-state index is 12.6. The second kappa shape index (κ2) is 8.10. The number of Topliss-reactive ketones (excluding diaryl/α,β-unsaturated/α-hetero) is 1. The van der Waals surface area contributed by atoms with Gasteiger partial charge in [-0.3, -0.25) is 14.4 Å². The smallest absolute Gasteiger partial charge is 0.289 e. The molecule has 0 radical (unpaired) electrons. The van der Waals surface area contributed by atoms with Gasteiger partial charge in [0.15, 0.2) is 0 Å². The molecule has 1 aliphatic heterocycles. The lowest BCUT2D eigenvalue weighted by Crippen LogP contribution is -2.52. The van der Waals surface area contributed by atoms with Gasteiger partial charge in [-0.25, -0.2) is 0 Å². The van der Waals surface area contributed by atoms with Crippen molar-refractivity contribution in [1.82, 2.24) is 16.0 Å². The molecular formula is C18H29N3O3. The van der Waals surface area contributed by atoms with Crippen LogP contribution in [0.15, 0.2) is 0 Å². The van der Waals surface area contributed by atoms with Crippen LogP contribution >= 0.6 is 0 Å². The van der Waals surface area contributed by atoms with Crippen molar-refractivity contribution >= 4 is 17.6 Å². The highest BCUT2D eigenvalue weighted by Crippen LogP contribution is 2.28. The van der Waals surface area contributed by atoms with Crippen LogP contribution in [0.2, 0.25) is 0 Å². The zero-order valence-corrected chi connectivity index (χ0v) is 14.3. The lowest BCUT2D eigenvalue weighted by Gasteiger charge is -2.27. The first kappa shape index (κ1) is 17.4. The van der Waals surface area contributed by atoms with E-state index in [1.165, 1.54) is 19.3 Å². The number of hydrogen-bond donors (Lipinski definition) is 3. The highest BCUT2D eigenvalue weighted by molar-refractivity contribution is 6.38. The summed E-state index contributed by atoms with van der Waals surface area (Å²) in [6.45, 7) is 0.835. The summed E-state index contributed by atoms with van der Waals surface area (Å²) in [6.07, 6.45) is 10.0. The van der Waals surface area contributed by atoms with Crippen LogP contribution in [0.5, 0.6) is 0 Å². The molecule has 2 saturated carbocycles. The third-order valence-electron chi connectivity index (χ3n) is 5.44. The van der Waals surface area contributed by atoms with Crippen molar-refractivity contribution in [2.45, 2.75) is 82.3 Å². The fourth-order valence-corrected chi connectivity index (χ4v) is 3.81. The van der Waals surface area contributed by atoms with Gasteiger partial charge in [0, 0.05) is 6.04 Å². The van der Waals surface area contributed by atoms with E-state index in [4.69, 9.17) is 0 Å². The Morgan fingerprint density at radius 2 is 1.71 bits per heavy atom. The van der Waals surface area contributed by atoms with E-state index in [0.717, 1.165) is 45.1 Å². The van der Waals surface area contributed by atoms with Crippen molar-refractivity contribution in [3.63, 3.8) is 0 Å². The summed E-state index contributed by atoms with van der Waals surface area (Å²) in [5.41, 5.74) is 0. The molecule has 3 aliphatic rings. The van der Waals surface area contributed by atoms with E-state index >= 15 is 0 Å². The largest absolute Gasteiger partial charge is 0.347 e. The maximum Gasteiger partial charge on any atom is 0.289 e. The van der Waals surface area contributed by atoms with E-state index in [1.54, 1.807) is 0 Å². The summed E-state index contributed by atoms with van der Waals surface area (Å²) >= 11 is 0. The Balaban J connectivity index is 1.60. The van der Waals surface area contributed by atoms with Gasteiger partial charge < -0.3 is 16.0 Å². The van der Waals surface area contributed by atoms with Crippen molar-refractivity contribution in [3.05, 3.63) is 0 Å². The maximum absolute atomic E-state index is 12.6. The molecule has 1 unspecified atom stereocenters. The molecule has 1 saturated heterocycles. The molecule has 134 valence electrons. The minimum atomic E-state index is -0.679. The van der Waals surface area contributed by atoms with Crippen LogP contribution in [-0.4, -0.2) is 42.3 Å². The molecule has 0 aromatic rings. The number of carbonyl (C=O) groups excluding carboxylic acids is 3. The Morgan fingerprint density at radius 1 is 0.958 bits per heavy atom. The molecule has 0 spiro atoms. The van der Waals surface area contributed by atoms with E-state index in [0.29, 0.717) is 12.3 Å². The zero-order chi connectivity index (χ0) is 16.9. The molecule has 3 N–H and O–H groups in total. The second-order valence-corrected chi connectivity index (χ2v) is 7.56. The molecule has 0 aromatic carbocycles. The molecule has 6 heteroatoms. The summed E-state index contributed by atoms with van der Waals surface area (Å²) in [5.74, 6) is -0.712. The molecule has 3 fully saturated rings. The fraction of sp³-hybridized carbons (Fsp3) is 0.833. The summed E-state index contributed by atoms with van der Waals surface area (Å²) in [6, 6.07) is -0.746. The summed E-state index contributed by atoms with van der Waals surface area (Å²) in [5, 5.41) is 8.78. The number of ketones is 1. The van der Waals surface area contributed by atoms with E-state index < -0.39 is 17.7 Å². The zero-order valence-electron chi connectivity index (χ0n) is 14.3. The molecule has 2 amide bonds. The average molecular weight is 335 g/mol. The molecular weight excluding hydrogens is 306 g/mol. The Hall–Kier alpha value is -1.43. The number of nitrogens with one attached hydrogen (secondary N) is 3. The Bertz CT molecular complexity index is 478. The van der Waals surface area contributed by atoms with Crippen LogP contribution in [0.4, 0.5) is 0 Å². The molecule has 3 rings (SSSR count). The lowest BCUT2D eigenvalue weighted by atomic mass is 9.84. The summed E-state index contributed by atoms with van der Waals surface area (Å²) in [7, 11) is 0. The van der Waals surface area contributed by atoms with Crippen molar-refractivity contribution in [3.8, 4) is 0 Å². The number of rotatable bonds is 7. The quantitative estimate of drug-likeness (QED) is 0.607. The first-order valence-corrected chi connectivity index (χ1v) is 9.52. The second-order valence-electron chi connectivity index (χ2n) is 7.56. The molecule has 0 bridgehead atoms. The van der Waals surface area contributed by atoms with Crippen LogP contribution in [0.3, 0.4) is 0 Å². The normalized spacial score (nSPS) is 25.9. The van der Waals surface area contributed by atoms with Gasteiger partial charge in [0.2, 0.25) is 11.7 Å². The minimum absolute atomic E-state index is 0.138. The van der Waals surface area contributed by atoms with Crippen molar-refractivity contribution < 1.29 is 14.4 Å².